The molecule has 0 amide bonds. The summed E-state index contributed by atoms with van der Waals surface area (Å²) >= 11 is 0.898. The van der Waals surface area contributed by atoms with Gasteiger partial charge in [-0.25, -0.2) is 13.6 Å². The van der Waals surface area contributed by atoms with Crippen LogP contribution >= 0.6 is 11.8 Å². The van der Waals surface area contributed by atoms with Gasteiger partial charge in [0, 0.05) is 4.90 Å². The fourth-order valence-corrected chi connectivity index (χ4v) is 3.26. The van der Waals surface area contributed by atoms with Crippen LogP contribution in [-0.2, 0) is 15.7 Å². The molecule has 0 heterocycles. The minimum atomic E-state index is -4.50. The molecule has 0 aromatic heterocycles. The molecule has 10 heteroatoms. The molecule has 2 aromatic carbocycles. The lowest BCUT2D eigenvalue weighted by molar-refractivity contribution is -0.145. The molecule has 170 valence electrons. The number of alkyl halides is 5. The molecule has 0 N–H and O–H groups in total. The van der Waals surface area contributed by atoms with Crippen LogP contribution in [-0.4, -0.2) is 37.5 Å². The molecule has 0 saturated heterocycles. The number of esters is 1. The number of hydrogen-bond acceptors (Lipinski definition) is 5. The van der Waals surface area contributed by atoms with Crippen molar-refractivity contribution in [2.45, 2.75) is 30.8 Å². The molecule has 2 aromatic rings. The highest BCUT2D eigenvalue weighted by Gasteiger charge is 2.32. The Kier molecular flexibility index (Phi) is 8.55. The minimum Gasteiger partial charge on any atom is -0.487 e. The Morgan fingerprint density at radius 2 is 1.68 bits per heavy atom. The van der Waals surface area contributed by atoms with Crippen LogP contribution in [0.15, 0.2) is 47.4 Å². The molecule has 0 fully saturated rings. The molecule has 0 aliphatic carbocycles. The number of ether oxygens (including phenoxy) is 3. The van der Waals surface area contributed by atoms with Crippen molar-refractivity contribution in [1.29, 1.82) is 0 Å². The third kappa shape index (κ3) is 8.28. The normalized spacial score (nSPS) is 11.8. The number of benzene rings is 2. The van der Waals surface area contributed by atoms with E-state index in [1.807, 2.05) is 0 Å². The predicted octanol–water partition coefficient (Wildman–Crippen LogP) is 5.76. The number of rotatable bonds is 10. The maximum absolute atomic E-state index is 14.1. The van der Waals surface area contributed by atoms with Crippen LogP contribution in [0.3, 0.4) is 0 Å². The second-order valence-corrected chi connectivity index (χ2v) is 7.53. The Hall–Kier alpha value is -2.49. The van der Waals surface area contributed by atoms with Crippen molar-refractivity contribution >= 4 is 17.7 Å². The third-order valence-electron chi connectivity index (χ3n) is 3.88. The van der Waals surface area contributed by atoms with Crippen molar-refractivity contribution in [2.24, 2.45) is 0 Å². The van der Waals surface area contributed by atoms with Gasteiger partial charge in [-0.2, -0.15) is 13.2 Å². The molecule has 0 saturated carbocycles. The number of carbonyl (C=O) groups is 1. The SMILES string of the molecule is CCOC(=O)COc1ccc(SCC(F)(F)COc2ccc(C(F)(F)F)cc2)cc1C. The molecule has 0 atom stereocenters. The van der Waals surface area contributed by atoms with Crippen molar-refractivity contribution in [3.8, 4) is 11.5 Å². The van der Waals surface area contributed by atoms with E-state index in [2.05, 4.69) is 0 Å². The zero-order valence-corrected chi connectivity index (χ0v) is 17.6. The maximum atomic E-state index is 14.1. The van der Waals surface area contributed by atoms with E-state index in [0.717, 1.165) is 36.0 Å². The summed E-state index contributed by atoms with van der Waals surface area (Å²) in [5, 5.41) is 0. The lowest BCUT2D eigenvalue weighted by atomic mass is 10.2. The fourth-order valence-electron chi connectivity index (χ4n) is 2.37. The van der Waals surface area contributed by atoms with E-state index in [4.69, 9.17) is 14.2 Å². The van der Waals surface area contributed by atoms with E-state index in [-0.39, 0.29) is 19.0 Å². The van der Waals surface area contributed by atoms with Crippen LogP contribution < -0.4 is 9.47 Å². The lowest BCUT2D eigenvalue weighted by Gasteiger charge is -2.17. The summed E-state index contributed by atoms with van der Waals surface area (Å²) in [6.07, 6.45) is -4.50. The minimum absolute atomic E-state index is 0.0726. The first kappa shape index (κ1) is 24.8. The highest BCUT2D eigenvalue weighted by Crippen LogP contribution is 2.32. The van der Waals surface area contributed by atoms with Gasteiger partial charge in [-0.3, -0.25) is 0 Å². The first-order valence-corrected chi connectivity index (χ1v) is 10.2. The number of thioether (sulfide) groups is 1. The lowest BCUT2D eigenvalue weighted by Crippen LogP contribution is -2.28. The summed E-state index contributed by atoms with van der Waals surface area (Å²) < 4.78 is 80.9. The van der Waals surface area contributed by atoms with Crippen LogP contribution in [0, 0.1) is 6.92 Å². The molecule has 2 rings (SSSR count). The van der Waals surface area contributed by atoms with E-state index in [1.54, 1.807) is 32.0 Å². The highest BCUT2D eigenvalue weighted by molar-refractivity contribution is 7.99. The van der Waals surface area contributed by atoms with Gasteiger partial charge in [0.15, 0.2) is 13.2 Å². The van der Waals surface area contributed by atoms with Gasteiger partial charge in [0.25, 0.3) is 5.92 Å². The van der Waals surface area contributed by atoms with Gasteiger partial charge in [-0.05, 0) is 61.9 Å². The Labute approximate surface area is 180 Å². The first-order chi connectivity index (χ1) is 14.5. The Morgan fingerprint density at radius 3 is 2.26 bits per heavy atom. The standard InChI is InChI=1S/C21H21F5O4S/c1-3-28-19(27)11-29-18-9-8-17(10-14(18)2)31-13-20(22,23)12-30-16-6-4-15(5-7-16)21(24,25)26/h4-10H,3,11-13H2,1-2H3. The zero-order valence-electron chi connectivity index (χ0n) is 16.8. The molecule has 0 bridgehead atoms. The summed E-state index contributed by atoms with van der Waals surface area (Å²) in [6, 6.07) is 8.37. The molecular weight excluding hydrogens is 443 g/mol. The molecule has 0 spiro atoms. The molecular formula is C21H21F5O4S. The van der Waals surface area contributed by atoms with Crippen molar-refractivity contribution in [2.75, 3.05) is 25.6 Å². The van der Waals surface area contributed by atoms with Gasteiger partial charge < -0.3 is 14.2 Å². The third-order valence-corrected chi connectivity index (χ3v) is 5.03. The molecule has 0 aliphatic rings. The molecule has 4 nitrogen and oxygen atoms in total. The fraction of sp³-hybridized carbons (Fsp3) is 0.381. The molecule has 0 radical (unpaired) electrons. The first-order valence-electron chi connectivity index (χ1n) is 9.20. The highest BCUT2D eigenvalue weighted by atomic mass is 32.2. The summed E-state index contributed by atoms with van der Waals surface area (Å²) in [7, 11) is 0. The van der Waals surface area contributed by atoms with Gasteiger partial charge in [-0.15, -0.1) is 11.8 Å². The smallest absolute Gasteiger partial charge is 0.416 e. The van der Waals surface area contributed by atoms with Crippen molar-refractivity contribution < 1.29 is 41.0 Å². The van der Waals surface area contributed by atoms with Crippen molar-refractivity contribution in [3.63, 3.8) is 0 Å². The van der Waals surface area contributed by atoms with Gasteiger partial charge in [0.2, 0.25) is 0 Å². The molecule has 31 heavy (non-hydrogen) atoms. The number of aryl methyl sites for hydroxylation is 1. The monoisotopic (exact) mass is 464 g/mol. The Morgan fingerprint density at radius 1 is 1.00 bits per heavy atom. The topological polar surface area (TPSA) is 44.8 Å². The van der Waals surface area contributed by atoms with Crippen LogP contribution in [0.2, 0.25) is 0 Å². The second-order valence-electron chi connectivity index (χ2n) is 6.48. The van der Waals surface area contributed by atoms with Crippen molar-refractivity contribution in [1.82, 2.24) is 0 Å². The van der Waals surface area contributed by atoms with E-state index < -0.39 is 36.0 Å². The maximum Gasteiger partial charge on any atom is 0.416 e. The number of carbonyl (C=O) groups excluding carboxylic acids is 1. The predicted molar refractivity (Wildman–Crippen MR) is 106 cm³/mol. The van der Waals surface area contributed by atoms with Crippen LogP contribution in [0.1, 0.15) is 18.1 Å². The Bertz CT molecular complexity index is 869. The second kappa shape index (κ2) is 10.7. The van der Waals surface area contributed by atoms with Gasteiger partial charge in [0.1, 0.15) is 11.5 Å². The quantitative estimate of drug-likeness (QED) is 0.254. The summed E-state index contributed by atoms with van der Waals surface area (Å²) in [4.78, 5) is 11.9. The number of hydrogen-bond donors (Lipinski definition) is 0. The van der Waals surface area contributed by atoms with Crippen molar-refractivity contribution in [3.05, 3.63) is 53.6 Å². The van der Waals surface area contributed by atoms with E-state index in [9.17, 15) is 26.7 Å². The Balaban J connectivity index is 1.85. The average Bonchev–Trinajstić information content (AvgIpc) is 2.70. The largest absolute Gasteiger partial charge is 0.487 e. The van der Waals surface area contributed by atoms with Crippen LogP contribution in [0.25, 0.3) is 0 Å². The zero-order chi connectivity index (χ0) is 23.1. The average molecular weight is 464 g/mol. The van der Waals surface area contributed by atoms with Gasteiger partial charge in [-0.1, -0.05) is 0 Å². The van der Waals surface area contributed by atoms with Gasteiger partial charge >= 0.3 is 12.1 Å². The molecule has 0 aliphatic heterocycles. The summed E-state index contributed by atoms with van der Waals surface area (Å²) in [5.41, 5.74) is -0.217. The van der Waals surface area contributed by atoms with E-state index >= 15 is 0 Å². The van der Waals surface area contributed by atoms with E-state index in [0.29, 0.717) is 16.2 Å². The van der Waals surface area contributed by atoms with Crippen LogP contribution in [0.5, 0.6) is 11.5 Å². The van der Waals surface area contributed by atoms with E-state index in [1.165, 1.54) is 0 Å². The number of halogens is 5. The summed E-state index contributed by atoms with van der Waals surface area (Å²) in [6.45, 7) is 2.43. The molecule has 0 unspecified atom stereocenters. The summed E-state index contributed by atoms with van der Waals surface area (Å²) in [5.74, 6) is -3.93. The van der Waals surface area contributed by atoms with Crippen LogP contribution in [0.4, 0.5) is 22.0 Å². The van der Waals surface area contributed by atoms with Gasteiger partial charge in [0.05, 0.1) is 17.9 Å².